The highest BCUT2D eigenvalue weighted by Gasteiger charge is 2.33. The number of amides is 3. The topological polar surface area (TPSA) is 111 Å². The van der Waals surface area contributed by atoms with Crippen LogP contribution in [0.15, 0.2) is 35.7 Å². The molecule has 30 heavy (non-hydrogen) atoms. The molecular formula is C21H25N3O5S. The minimum absolute atomic E-state index is 0.0206. The monoisotopic (exact) mass is 431 g/mol. The van der Waals surface area contributed by atoms with Gasteiger partial charge >= 0.3 is 0 Å². The molecule has 0 spiro atoms. The van der Waals surface area contributed by atoms with Crippen LogP contribution in [0, 0.1) is 0 Å². The van der Waals surface area contributed by atoms with Gasteiger partial charge in [-0.15, -0.1) is 11.3 Å². The first-order valence-electron chi connectivity index (χ1n) is 9.65. The summed E-state index contributed by atoms with van der Waals surface area (Å²) in [4.78, 5) is 38.9. The number of thiophene rings is 1. The first kappa shape index (κ1) is 21.6. The first-order valence-corrected chi connectivity index (χ1v) is 10.5. The highest BCUT2D eigenvalue weighted by Crippen LogP contribution is 2.28. The van der Waals surface area contributed by atoms with E-state index in [0.29, 0.717) is 30.9 Å². The summed E-state index contributed by atoms with van der Waals surface area (Å²) in [6.07, 6.45) is 1.80. The number of benzene rings is 1. The summed E-state index contributed by atoms with van der Waals surface area (Å²) in [6, 6.07) is 8.56. The van der Waals surface area contributed by atoms with Gasteiger partial charge in [-0.1, -0.05) is 12.1 Å². The fraction of sp³-hybridized carbons (Fsp3) is 0.381. The number of methoxy groups -OCH3 is 1. The van der Waals surface area contributed by atoms with Gasteiger partial charge in [-0.2, -0.15) is 0 Å². The van der Waals surface area contributed by atoms with E-state index < -0.39 is 11.9 Å². The number of carbonyl (C=O) groups is 3. The molecule has 1 aliphatic heterocycles. The SMILES string of the molecule is COc1cc(CNC(=O)C2CCCN2C(=O)Cc2cccs2)ccc1OCC(N)=O. The number of hydrogen-bond donors (Lipinski definition) is 2. The third kappa shape index (κ3) is 5.50. The van der Waals surface area contributed by atoms with Crippen molar-refractivity contribution in [1.29, 1.82) is 0 Å². The molecule has 8 nitrogen and oxygen atoms in total. The number of nitrogens with one attached hydrogen (secondary N) is 1. The van der Waals surface area contributed by atoms with E-state index in [1.165, 1.54) is 7.11 Å². The Labute approximate surface area is 178 Å². The molecule has 1 aromatic carbocycles. The molecular weight excluding hydrogens is 406 g/mol. The predicted molar refractivity (Wildman–Crippen MR) is 112 cm³/mol. The molecule has 9 heteroatoms. The Kier molecular flexibility index (Phi) is 7.29. The zero-order valence-electron chi connectivity index (χ0n) is 16.8. The molecule has 160 valence electrons. The van der Waals surface area contributed by atoms with Crippen molar-refractivity contribution in [3.63, 3.8) is 0 Å². The number of likely N-dealkylation sites (tertiary alicyclic amines) is 1. The van der Waals surface area contributed by atoms with Crippen molar-refractivity contribution in [3.8, 4) is 11.5 Å². The Bertz CT molecular complexity index is 900. The van der Waals surface area contributed by atoms with Crippen molar-refractivity contribution in [3.05, 3.63) is 46.2 Å². The van der Waals surface area contributed by atoms with Gasteiger partial charge in [0.05, 0.1) is 13.5 Å². The molecule has 0 radical (unpaired) electrons. The first-order chi connectivity index (χ1) is 14.5. The van der Waals surface area contributed by atoms with Gasteiger partial charge in [0.25, 0.3) is 5.91 Å². The average molecular weight is 432 g/mol. The van der Waals surface area contributed by atoms with Gasteiger partial charge in [0.15, 0.2) is 18.1 Å². The van der Waals surface area contributed by atoms with Gasteiger partial charge in [-0.3, -0.25) is 14.4 Å². The minimum Gasteiger partial charge on any atom is -0.493 e. The normalized spacial score (nSPS) is 15.6. The summed E-state index contributed by atoms with van der Waals surface area (Å²) in [7, 11) is 1.49. The van der Waals surface area contributed by atoms with Crippen molar-refractivity contribution >= 4 is 29.1 Å². The molecule has 1 aliphatic rings. The minimum atomic E-state index is -0.580. The third-order valence-electron chi connectivity index (χ3n) is 4.85. The summed E-state index contributed by atoms with van der Waals surface area (Å²) in [6.45, 7) is 0.639. The molecule has 0 saturated carbocycles. The molecule has 3 rings (SSSR count). The maximum absolute atomic E-state index is 12.7. The summed E-state index contributed by atoms with van der Waals surface area (Å²) in [5, 5.41) is 4.84. The van der Waals surface area contributed by atoms with Gasteiger partial charge in [0.2, 0.25) is 11.8 Å². The Morgan fingerprint density at radius 1 is 1.27 bits per heavy atom. The van der Waals surface area contributed by atoms with E-state index in [1.807, 2.05) is 17.5 Å². The second-order valence-corrected chi connectivity index (χ2v) is 7.99. The van der Waals surface area contributed by atoms with Crippen molar-refractivity contribution in [2.24, 2.45) is 5.73 Å². The van der Waals surface area contributed by atoms with Crippen LogP contribution in [0.5, 0.6) is 11.5 Å². The Hall–Kier alpha value is -3.07. The highest BCUT2D eigenvalue weighted by atomic mass is 32.1. The lowest BCUT2D eigenvalue weighted by Gasteiger charge is -2.24. The Balaban J connectivity index is 1.57. The van der Waals surface area contributed by atoms with Crippen molar-refractivity contribution in [1.82, 2.24) is 10.2 Å². The highest BCUT2D eigenvalue weighted by molar-refractivity contribution is 7.10. The lowest BCUT2D eigenvalue weighted by molar-refractivity contribution is -0.138. The van der Waals surface area contributed by atoms with Crippen LogP contribution in [0.2, 0.25) is 0 Å². The van der Waals surface area contributed by atoms with Gasteiger partial charge in [-0.25, -0.2) is 0 Å². The fourth-order valence-corrected chi connectivity index (χ4v) is 4.09. The molecule has 1 unspecified atom stereocenters. The maximum atomic E-state index is 12.7. The van der Waals surface area contributed by atoms with E-state index in [2.05, 4.69) is 5.32 Å². The molecule has 3 amide bonds. The van der Waals surface area contributed by atoms with E-state index in [4.69, 9.17) is 15.2 Å². The van der Waals surface area contributed by atoms with Crippen LogP contribution in [0.25, 0.3) is 0 Å². The zero-order chi connectivity index (χ0) is 21.5. The van der Waals surface area contributed by atoms with Crippen molar-refractivity contribution in [2.75, 3.05) is 20.3 Å². The van der Waals surface area contributed by atoms with Crippen LogP contribution >= 0.6 is 11.3 Å². The van der Waals surface area contributed by atoms with Crippen LogP contribution in [0.3, 0.4) is 0 Å². The fourth-order valence-electron chi connectivity index (χ4n) is 3.40. The van der Waals surface area contributed by atoms with Gasteiger partial charge in [0.1, 0.15) is 6.04 Å². The van der Waals surface area contributed by atoms with Crippen LogP contribution in [0.4, 0.5) is 0 Å². The van der Waals surface area contributed by atoms with Gasteiger partial charge in [0, 0.05) is 18.0 Å². The molecule has 1 saturated heterocycles. The largest absolute Gasteiger partial charge is 0.493 e. The smallest absolute Gasteiger partial charge is 0.255 e. The van der Waals surface area contributed by atoms with Crippen molar-refractivity contribution in [2.45, 2.75) is 31.8 Å². The quantitative estimate of drug-likeness (QED) is 0.625. The Morgan fingerprint density at radius 3 is 2.80 bits per heavy atom. The van der Waals surface area contributed by atoms with E-state index >= 15 is 0 Å². The summed E-state index contributed by atoms with van der Waals surface area (Å²) in [5.41, 5.74) is 5.90. The second kappa shape index (κ2) is 10.1. The molecule has 1 aromatic heterocycles. The standard InChI is InChI=1S/C21H25N3O5S/c1-28-18-10-14(6-7-17(18)29-13-19(22)25)12-23-21(27)16-5-2-8-24(16)20(26)11-15-4-3-9-30-15/h3-4,6-7,9-10,16H,2,5,8,11-13H2,1H3,(H2,22,25)(H,23,27). The lowest BCUT2D eigenvalue weighted by atomic mass is 10.1. The summed E-state index contributed by atoms with van der Waals surface area (Å²) in [5.74, 6) is 0.0695. The number of hydrogen-bond acceptors (Lipinski definition) is 6. The molecule has 1 atom stereocenters. The van der Waals surface area contributed by atoms with Gasteiger partial charge < -0.3 is 25.4 Å². The average Bonchev–Trinajstić information content (AvgIpc) is 3.42. The number of nitrogens with zero attached hydrogens (tertiary/aromatic N) is 1. The predicted octanol–water partition coefficient (Wildman–Crippen LogP) is 1.47. The van der Waals surface area contributed by atoms with Crippen LogP contribution < -0.4 is 20.5 Å². The number of rotatable bonds is 9. The number of ether oxygens (including phenoxy) is 2. The number of carbonyl (C=O) groups excluding carboxylic acids is 3. The van der Waals surface area contributed by atoms with E-state index in [0.717, 1.165) is 16.9 Å². The number of nitrogens with two attached hydrogens (primary N) is 1. The molecule has 2 aromatic rings. The summed E-state index contributed by atoms with van der Waals surface area (Å²) < 4.78 is 10.6. The third-order valence-corrected chi connectivity index (χ3v) is 5.72. The molecule has 0 aliphatic carbocycles. The summed E-state index contributed by atoms with van der Waals surface area (Å²) >= 11 is 1.54. The maximum Gasteiger partial charge on any atom is 0.255 e. The van der Waals surface area contributed by atoms with Crippen LogP contribution in [0.1, 0.15) is 23.3 Å². The van der Waals surface area contributed by atoms with E-state index in [-0.39, 0.29) is 25.0 Å². The zero-order valence-corrected chi connectivity index (χ0v) is 17.6. The van der Waals surface area contributed by atoms with E-state index in [1.54, 1.807) is 34.4 Å². The molecule has 1 fully saturated rings. The Morgan fingerprint density at radius 2 is 2.10 bits per heavy atom. The molecule has 0 bridgehead atoms. The van der Waals surface area contributed by atoms with Crippen LogP contribution in [-0.2, 0) is 27.3 Å². The number of primary amides is 1. The van der Waals surface area contributed by atoms with E-state index in [9.17, 15) is 14.4 Å². The van der Waals surface area contributed by atoms with Crippen LogP contribution in [-0.4, -0.2) is 48.9 Å². The molecule has 3 N–H and O–H groups in total. The van der Waals surface area contributed by atoms with Crippen molar-refractivity contribution < 1.29 is 23.9 Å². The second-order valence-electron chi connectivity index (χ2n) is 6.96. The lowest BCUT2D eigenvalue weighted by Crippen LogP contribution is -2.46. The molecule has 2 heterocycles. The van der Waals surface area contributed by atoms with Gasteiger partial charge in [-0.05, 0) is 42.0 Å².